The Bertz CT molecular complexity index is 417. The molecule has 2 nitrogen and oxygen atoms in total. The highest BCUT2D eigenvalue weighted by molar-refractivity contribution is 5.95. The van der Waals surface area contributed by atoms with Crippen molar-refractivity contribution in [1.82, 2.24) is 5.32 Å². The van der Waals surface area contributed by atoms with E-state index < -0.39 is 0 Å². The van der Waals surface area contributed by atoms with Crippen LogP contribution in [-0.2, 0) is 0 Å². The minimum absolute atomic E-state index is 0.0907. The van der Waals surface area contributed by atoms with E-state index >= 15 is 0 Å². The second-order valence-electron chi connectivity index (χ2n) is 5.06. The predicted octanol–water partition coefficient (Wildman–Crippen LogP) is 4.22. The van der Waals surface area contributed by atoms with Gasteiger partial charge in [0.25, 0.3) is 5.91 Å². The van der Waals surface area contributed by atoms with Crippen LogP contribution in [0.4, 0.5) is 4.39 Å². The molecule has 0 aliphatic carbocycles. The van der Waals surface area contributed by atoms with Crippen molar-refractivity contribution in [2.75, 3.05) is 0 Å². The van der Waals surface area contributed by atoms with Gasteiger partial charge in [-0.1, -0.05) is 33.1 Å². The van der Waals surface area contributed by atoms with Gasteiger partial charge in [0.15, 0.2) is 0 Å². The van der Waals surface area contributed by atoms with Crippen molar-refractivity contribution in [2.45, 2.75) is 58.9 Å². The molecule has 106 valence electrons. The lowest BCUT2D eigenvalue weighted by molar-refractivity contribution is 0.0931. The Hall–Kier alpha value is -1.38. The Morgan fingerprint density at radius 2 is 2.00 bits per heavy atom. The second kappa shape index (κ2) is 7.93. The third kappa shape index (κ3) is 5.01. The summed E-state index contributed by atoms with van der Waals surface area (Å²) in [5.74, 6) is -0.391. The average Bonchev–Trinajstić information content (AvgIpc) is 2.36. The molecule has 0 saturated heterocycles. The molecule has 3 heteroatoms. The predicted molar refractivity (Wildman–Crippen MR) is 76.8 cm³/mol. The fraction of sp³-hybridized carbons (Fsp3) is 0.562. The fourth-order valence-electron chi connectivity index (χ4n) is 2.23. The van der Waals surface area contributed by atoms with Crippen LogP contribution in [-0.4, -0.2) is 11.9 Å². The first-order valence-corrected chi connectivity index (χ1v) is 7.15. The summed E-state index contributed by atoms with van der Waals surface area (Å²) in [6.45, 7) is 6.03. The van der Waals surface area contributed by atoms with E-state index in [0.717, 1.165) is 32.1 Å². The maximum atomic E-state index is 13.0. The number of hydrogen-bond acceptors (Lipinski definition) is 1. The molecule has 1 aromatic carbocycles. The van der Waals surface area contributed by atoms with Crippen LogP contribution in [0.5, 0.6) is 0 Å². The number of rotatable bonds is 7. The number of unbranched alkanes of at least 4 members (excludes halogenated alkanes) is 1. The molecule has 0 aromatic heterocycles. The van der Waals surface area contributed by atoms with Crippen LogP contribution in [0.25, 0.3) is 0 Å². The van der Waals surface area contributed by atoms with Crippen LogP contribution in [0.15, 0.2) is 18.2 Å². The number of amides is 1. The van der Waals surface area contributed by atoms with Crippen molar-refractivity contribution in [2.24, 2.45) is 0 Å². The van der Waals surface area contributed by atoms with E-state index in [2.05, 4.69) is 19.2 Å². The molecule has 1 N–H and O–H groups in total. The standard InChI is InChI=1S/C16H24FNO/c1-4-6-8-14(7-5-2)18-16(19)15-10-9-13(17)11-12(15)3/h9-11,14H,4-8H2,1-3H3,(H,18,19). The van der Waals surface area contributed by atoms with E-state index in [1.165, 1.54) is 12.1 Å². The minimum Gasteiger partial charge on any atom is -0.349 e. The number of aryl methyl sites for hydroxylation is 1. The Morgan fingerprint density at radius 3 is 2.58 bits per heavy atom. The summed E-state index contributed by atoms with van der Waals surface area (Å²) in [5, 5.41) is 3.07. The van der Waals surface area contributed by atoms with Crippen LogP contribution in [0.2, 0.25) is 0 Å². The van der Waals surface area contributed by atoms with Gasteiger partial charge in [-0.2, -0.15) is 0 Å². The molecule has 0 radical (unpaired) electrons. The van der Waals surface area contributed by atoms with E-state index in [4.69, 9.17) is 0 Å². The molecule has 1 amide bonds. The van der Waals surface area contributed by atoms with Gasteiger partial charge in [-0.05, 0) is 43.5 Å². The summed E-state index contributed by atoms with van der Waals surface area (Å²) in [5.41, 5.74) is 1.25. The van der Waals surface area contributed by atoms with Crippen molar-refractivity contribution in [3.8, 4) is 0 Å². The van der Waals surface area contributed by atoms with Gasteiger partial charge in [0.2, 0.25) is 0 Å². The number of hydrogen-bond donors (Lipinski definition) is 1. The molecule has 1 unspecified atom stereocenters. The monoisotopic (exact) mass is 265 g/mol. The largest absolute Gasteiger partial charge is 0.349 e. The third-order valence-electron chi connectivity index (χ3n) is 3.31. The van der Waals surface area contributed by atoms with Crippen molar-refractivity contribution in [1.29, 1.82) is 0 Å². The Labute approximate surface area is 115 Å². The highest BCUT2D eigenvalue weighted by Gasteiger charge is 2.14. The van der Waals surface area contributed by atoms with Gasteiger partial charge in [0.1, 0.15) is 5.82 Å². The summed E-state index contributed by atoms with van der Waals surface area (Å²) >= 11 is 0. The number of nitrogens with one attached hydrogen (secondary N) is 1. The van der Waals surface area contributed by atoms with Gasteiger partial charge in [0, 0.05) is 11.6 Å². The third-order valence-corrected chi connectivity index (χ3v) is 3.31. The van der Waals surface area contributed by atoms with Gasteiger partial charge in [-0.3, -0.25) is 4.79 Å². The summed E-state index contributed by atoms with van der Waals surface area (Å²) in [7, 11) is 0. The summed E-state index contributed by atoms with van der Waals surface area (Å²) < 4.78 is 13.0. The molecule has 0 fully saturated rings. The molecule has 19 heavy (non-hydrogen) atoms. The maximum Gasteiger partial charge on any atom is 0.251 e. The smallest absolute Gasteiger partial charge is 0.251 e. The molecule has 0 bridgehead atoms. The zero-order valence-electron chi connectivity index (χ0n) is 12.1. The topological polar surface area (TPSA) is 29.1 Å². The normalized spacial score (nSPS) is 12.2. The van der Waals surface area contributed by atoms with Crippen LogP contribution in [0.1, 0.15) is 61.9 Å². The van der Waals surface area contributed by atoms with Crippen molar-refractivity contribution in [3.63, 3.8) is 0 Å². The highest BCUT2D eigenvalue weighted by atomic mass is 19.1. The van der Waals surface area contributed by atoms with Crippen LogP contribution in [0.3, 0.4) is 0 Å². The molecule has 0 aliphatic rings. The Balaban J connectivity index is 2.69. The zero-order chi connectivity index (χ0) is 14.3. The van der Waals surface area contributed by atoms with E-state index in [0.29, 0.717) is 11.1 Å². The molecule has 1 aromatic rings. The first-order valence-electron chi connectivity index (χ1n) is 7.15. The van der Waals surface area contributed by atoms with Crippen LogP contribution in [0, 0.1) is 12.7 Å². The van der Waals surface area contributed by atoms with E-state index in [9.17, 15) is 9.18 Å². The minimum atomic E-state index is -0.301. The second-order valence-corrected chi connectivity index (χ2v) is 5.06. The number of carbonyl (C=O) groups excluding carboxylic acids is 1. The van der Waals surface area contributed by atoms with Crippen LogP contribution < -0.4 is 5.32 Å². The first-order chi connectivity index (χ1) is 9.08. The van der Waals surface area contributed by atoms with Crippen molar-refractivity contribution in [3.05, 3.63) is 35.1 Å². The molecule has 0 heterocycles. The number of carbonyl (C=O) groups is 1. The Morgan fingerprint density at radius 1 is 1.26 bits per heavy atom. The SMILES string of the molecule is CCCCC(CCC)NC(=O)c1ccc(F)cc1C. The molecular weight excluding hydrogens is 241 g/mol. The number of benzene rings is 1. The average molecular weight is 265 g/mol. The highest BCUT2D eigenvalue weighted by Crippen LogP contribution is 2.12. The van der Waals surface area contributed by atoms with Gasteiger partial charge in [0.05, 0.1) is 0 Å². The summed E-state index contributed by atoms with van der Waals surface area (Å²) in [4.78, 5) is 12.2. The van der Waals surface area contributed by atoms with Crippen molar-refractivity contribution >= 4 is 5.91 Å². The van der Waals surface area contributed by atoms with Crippen LogP contribution >= 0.6 is 0 Å². The lowest BCUT2D eigenvalue weighted by Crippen LogP contribution is -2.35. The molecule has 0 saturated carbocycles. The zero-order valence-corrected chi connectivity index (χ0v) is 12.1. The van der Waals surface area contributed by atoms with E-state index in [1.54, 1.807) is 13.0 Å². The van der Waals surface area contributed by atoms with Gasteiger partial charge >= 0.3 is 0 Å². The first kappa shape index (κ1) is 15.7. The van der Waals surface area contributed by atoms with Gasteiger partial charge in [-0.15, -0.1) is 0 Å². The summed E-state index contributed by atoms with van der Waals surface area (Å²) in [6.07, 6.45) is 5.30. The summed E-state index contributed by atoms with van der Waals surface area (Å²) in [6, 6.07) is 4.52. The lowest BCUT2D eigenvalue weighted by atomic mass is 10.0. The maximum absolute atomic E-state index is 13.0. The lowest BCUT2D eigenvalue weighted by Gasteiger charge is -2.18. The molecule has 1 rings (SSSR count). The molecular formula is C16H24FNO. The molecule has 0 aliphatic heterocycles. The quantitative estimate of drug-likeness (QED) is 0.785. The Kier molecular flexibility index (Phi) is 6.54. The fourth-order valence-corrected chi connectivity index (χ4v) is 2.23. The van der Waals surface area contributed by atoms with Gasteiger partial charge < -0.3 is 5.32 Å². The van der Waals surface area contributed by atoms with Crippen molar-refractivity contribution < 1.29 is 9.18 Å². The number of halogens is 1. The van der Waals surface area contributed by atoms with Gasteiger partial charge in [-0.25, -0.2) is 4.39 Å². The van der Waals surface area contributed by atoms with E-state index in [-0.39, 0.29) is 17.8 Å². The molecule has 1 atom stereocenters. The molecule has 0 spiro atoms. The van der Waals surface area contributed by atoms with E-state index in [1.807, 2.05) is 0 Å².